The van der Waals surface area contributed by atoms with E-state index in [0.29, 0.717) is 18.2 Å². The maximum Gasteiger partial charge on any atom is 0.123 e. The molecule has 1 saturated heterocycles. The van der Waals surface area contributed by atoms with Gasteiger partial charge in [0, 0.05) is 31.2 Å². The molecule has 1 aromatic carbocycles. The maximum atomic E-state index is 13.1. The second-order valence-corrected chi connectivity index (χ2v) is 4.15. The number of rotatable bonds is 4. The molecular weight excluding hydrogens is 207 g/mol. The number of halogens is 1. The Labute approximate surface area is 94.9 Å². The van der Waals surface area contributed by atoms with Crippen LogP contribution in [-0.4, -0.2) is 35.7 Å². The van der Waals surface area contributed by atoms with Crippen molar-refractivity contribution >= 4 is 0 Å². The predicted molar refractivity (Wildman–Crippen MR) is 60.8 cm³/mol. The average Bonchev–Trinajstić information content (AvgIpc) is 2.19. The van der Waals surface area contributed by atoms with Gasteiger partial charge in [0.15, 0.2) is 0 Å². The molecule has 0 atom stereocenters. The molecule has 1 fully saturated rings. The summed E-state index contributed by atoms with van der Waals surface area (Å²) >= 11 is 0. The molecule has 3 nitrogen and oxygen atoms in total. The van der Waals surface area contributed by atoms with Crippen LogP contribution in [0.2, 0.25) is 0 Å². The summed E-state index contributed by atoms with van der Waals surface area (Å²) in [5.41, 5.74) is 0.661. The molecule has 2 N–H and O–H groups in total. The maximum absolute atomic E-state index is 13.1. The van der Waals surface area contributed by atoms with E-state index < -0.39 is 0 Å². The van der Waals surface area contributed by atoms with Gasteiger partial charge < -0.3 is 10.4 Å². The lowest BCUT2D eigenvalue weighted by molar-refractivity contribution is 0.144. The Morgan fingerprint density at radius 2 is 2.25 bits per heavy atom. The van der Waals surface area contributed by atoms with Gasteiger partial charge in [-0.3, -0.25) is 4.90 Å². The van der Waals surface area contributed by atoms with Crippen LogP contribution in [0.5, 0.6) is 5.75 Å². The Bertz CT molecular complexity index is 366. The van der Waals surface area contributed by atoms with Crippen molar-refractivity contribution in [1.29, 1.82) is 0 Å². The van der Waals surface area contributed by atoms with Crippen LogP contribution in [0.25, 0.3) is 0 Å². The highest BCUT2D eigenvalue weighted by Crippen LogP contribution is 2.21. The van der Waals surface area contributed by atoms with Gasteiger partial charge in [-0.1, -0.05) is 6.92 Å². The zero-order valence-corrected chi connectivity index (χ0v) is 9.41. The van der Waals surface area contributed by atoms with E-state index in [-0.39, 0.29) is 11.6 Å². The molecule has 4 heteroatoms. The number of phenols is 1. The van der Waals surface area contributed by atoms with Gasteiger partial charge >= 0.3 is 0 Å². The van der Waals surface area contributed by atoms with Gasteiger partial charge in [0.2, 0.25) is 0 Å². The van der Waals surface area contributed by atoms with Crippen molar-refractivity contribution in [3.8, 4) is 5.75 Å². The van der Waals surface area contributed by atoms with Crippen molar-refractivity contribution < 1.29 is 9.50 Å². The highest BCUT2D eigenvalue weighted by molar-refractivity contribution is 5.32. The molecule has 0 saturated carbocycles. The van der Waals surface area contributed by atoms with Crippen LogP contribution < -0.4 is 5.32 Å². The fraction of sp³-hybridized carbons (Fsp3) is 0.500. The number of aromatic hydroxyl groups is 1. The molecule has 16 heavy (non-hydrogen) atoms. The second-order valence-electron chi connectivity index (χ2n) is 4.15. The highest BCUT2D eigenvalue weighted by atomic mass is 19.1. The van der Waals surface area contributed by atoms with Gasteiger partial charge in [-0.25, -0.2) is 4.39 Å². The quantitative estimate of drug-likeness (QED) is 0.809. The molecule has 0 amide bonds. The Kier molecular flexibility index (Phi) is 3.41. The zero-order valence-electron chi connectivity index (χ0n) is 9.41. The molecule has 1 aliphatic rings. The molecule has 1 aliphatic heterocycles. The number of nitrogens with one attached hydrogen (secondary N) is 1. The molecule has 0 aliphatic carbocycles. The summed E-state index contributed by atoms with van der Waals surface area (Å²) in [6, 6.07) is 4.61. The summed E-state index contributed by atoms with van der Waals surface area (Å²) < 4.78 is 13.1. The van der Waals surface area contributed by atoms with Crippen LogP contribution in [0.15, 0.2) is 18.2 Å². The average molecular weight is 224 g/mol. The van der Waals surface area contributed by atoms with Crippen LogP contribution >= 0.6 is 0 Å². The first-order valence-electron chi connectivity index (χ1n) is 5.63. The Hall–Kier alpha value is -1.13. The van der Waals surface area contributed by atoms with Crippen LogP contribution in [-0.2, 0) is 6.54 Å². The summed E-state index contributed by atoms with van der Waals surface area (Å²) in [6.45, 7) is 5.54. The predicted octanol–water partition coefficient (Wildman–Crippen LogP) is 1.32. The molecule has 1 aromatic rings. The van der Waals surface area contributed by atoms with Crippen molar-refractivity contribution in [3.05, 3.63) is 29.6 Å². The first-order chi connectivity index (χ1) is 7.70. The fourth-order valence-corrected chi connectivity index (χ4v) is 1.93. The lowest BCUT2D eigenvalue weighted by Gasteiger charge is -2.37. The number of nitrogens with zero attached hydrogens (tertiary/aromatic N) is 1. The molecule has 0 spiro atoms. The van der Waals surface area contributed by atoms with E-state index in [0.717, 1.165) is 19.6 Å². The monoisotopic (exact) mass is 224 g/mol. The lowest BCUT2D eigenvalue weighted by atomic mass is 10.1. The van der Waals surface area contributed by atoms with Crippen molar-refractivity contribution in [1.82, 2.24) is 10.2 Å². The number of hydrogen-bond acceptors (Lipinski definition) is 3. The van der Waals surface area contributed by atoms with E-state index in [2.05, 4.69) is 17.1 Å². The van der Waals surface area contributed by atoms with E-state index in [1.54, 1.807) is 0 Å². The Morgan fingerprint density at radius 3 is 2.81 bits per heavy atom. The SMILES string of the molecule is CCN(Cc1cc(F)ccc1O)C1CNC1. The third-order valence-corrected chi connectivity index (χ3v) is 3.10. The third-order valence-electron chi connectivity index (χ3n) is 3.10. The second kappa shape index (κ2) is 4.80. The van der Waals surface area contributed by atoms with Crippen LogP contribution in [0, 0.1) is 5.82 Å². The molecule has 0 radical (unpaired) electrons. The third kappa shape index (κ3) is 2.33. The molecule has 0 unspecified atom stereocenters. The molecule has 0 aromatic heterocycles. The smallest absolute Gasteiger partial charge is 0.123 e. The minimum atomic E-state index is -0.296. The van der Waals surface area contributed by atoms with Crippen molar-refractivity contribution in [2.75, 3.05) is 19.6 Å². The van der Waals surface area contributed by atoms with Crippen molar-refractivity contribution in [2.45, 2.75) is 19.5 Å². The molecule has 1 heterocycles. The van der Waals surface area contributed by atoms with Crippen LogP contribution in [0.3, 0.4) is 0 Å². The normalized spacial score (nSPS) is 16.4. The summed E-state index contributed by atoms with van der Waals surface area (Å²) in [5, 5.41) is 12.9. The first kappa shape index (κ1) is 11.4. The fourth-order valence-electron chi connectivity index (χ4n) is 1.93. The van der Waals surface area contributed by atoms with Gasteiger partial charge in [0.1, 0.15) is 11.6 Å². The van der Waals surface area contributed by atoms with E-state index in [1.165, 1.54) is 18.2 Å². The van der Waals surface area contributed by atoms with Crippen LogP contribution in [0.1, 0.15) is 12.5 Å². The minimum Gasteiger partial charge on any atom is -0.508 e. The molecule has 88 valence electrons. The summed E-state index contributed by atoms with van der Waals surface area (Å²) in [4.78, 5) is 2.24. The summed E-state index contributed by atoms with van der Waals surface area (Å²) in [6.07, 6.45) is 0. The van der Waals surface area contributed by atoms with Crippen molar-refractivity contribution in [3.63, 3.8) is 0 Å². The topological polar surface area (TPSA) is 35.5 Å². The van der Waals surface area contributed by atoms with Gasteiger partial charge in [-0.15, -0.1) is 0 Å². The van der Waals surface area contributed by atoms with Crippen molar-refractivity contribution in [2.24, 2.45) is 0 Å². The van der Waals surface area contributed by atoms with Gasteiger partial charge in [-0.2, -0.15) is 0 Å². The molecule has 0 bridgehead atoms. The molecular formula is C12H17FN2O. The van der Waals surface area contributed by atoms with E-state index in [4.69, 9.17) is 0 Å². The highest BCUT2D eigenvalue weighted by Gasteiger charge is 2.23. The van der Waals surface area contributed by atoms with Gasteiger partial charge in [0.25, 0.3) is 0 Å². The first-order valence-corrected chi connectivity index (χ1v) is 5.63. The number of hydrogen-bond donors (Lipinski definition) is 2. The van der Waals surface area contributed by atoms with E-state index >= 15 is 0 Å². The number of phenolic OH excluding ortho intramolecular Hbond substituents is 1. The lowest BCUT2D eigenvalue weighted by Crippen LogP contribution is -2.56. The summed E-state index contributed by atoms with van der Waals surface area (Å²) in [5.74, 6) is -0.122. The number of benzene rings is 1. The van der Waals surface area contributed by atoms with E-state index in [9.17, 15) is 9.50 Å². The Balaban J connectivity index is 2.08. The standard InChI is InChI=1S/C12H17FN2O/c1-2-15(11-6-14-7-11)8-9-5-10(13)3-4-12(9)16/h3-5,11,14,16H,2,6-8H2,1H3. The summed E-state index contributed by atoms with van der Waals surface area (Å²) in [7, 11) is 0. The van der Waals surface area contributed by atoms with Crippen LogP contribution in [0.4, 0.5) is 4.39 Å². The minimum absolute atomic E-state index is 0.173. The van der Waals surface area contributed by atoms with E-state index in [1.807, 2.05) is 0 Å². The van der Waals surface area contributed by atoms with Gasteiger partial charge in [0.05, 0.1) is 0 Å². The Morgan fingerprint density at radius 1 is 1.50 bits per heavy atom. The van der Waals surface area contributed by atoms with Gasteiger partial charge in [-0.05, 0) is 24.7 Å². The zero-order chi connectivity index (χ0) is 11.5. The largest absolute Gasteiger partial charge is 0.508 e. The number of likely N-dealkylation sites (N-methyl/N-ethyl adjacent to an activating group) is 1. The molecule has 2 rings (SSSR count).